The second-order valence-electron chi connectivity index (χ2n) is 7.97. The van der Waals surface area contributed by atoms with Crippen molar-refractivity contribution in [2.75, 3.05) is 0 Å². The molecule has 1 atom stereocenters. The van der Waals surface area contributed by atoms with Gasteiger partial charge in [0.2, 0.25) is 0 Å². The third-order valence-corrected chi connectivity index (χ3v) is 6.78. The zero-order valence-corrected chi connectivity index (χ0v) is 15.8. The second-order valence-corrected chi connectivity index (χ2v) is 7.97. The third-order valence-electron chi connectivity index (χ3n) is 6.78. The van der Waals surface area contributed by atoms with Gasteiger partial charge in [0.05, 0.1) is 5.41 Å². The van der Waals surface area contributed by atoms with Crippen LogP contribution in [0.1, 0.15) is 22.3 Å². The minimum atomic E-state index is -0.306. The van der Waals surface area contributed by atoms with Crippen molar-refractivity contribution >= 4 is 10.8 Å². The van der Waals surface area contributed by atoms with E-state index in [1.54, 1.807) is 0 Å². The maximum absolute atomic E-state index is 4.48. The van der Waals surface area contributed by atoms with Gasteiger partial charge in [-0.1, -0.05) is 84.9 Å². The van der Waals surface area contributed by atoms with Crippen molar-refractivity contribution in [3.05, 3.63) is 126 Å². The first-order valence-corrected chi connectivity index (χ1v) is 10.1. The highest BCUT2D eigenvalue weighted by molar-refractivity contribution is 6.06. The van der Waals surface area contributed by atoms with Gasteiger partial charge in [-0.15, -0.1) is 0 Å². The maximum Gasteiger partial charge on any atom is 0.0726 e. The van der Waals surface area contributed by atoms with Gasteiger partial charge in [0.1, 0.15) is 0 Å². The standard InChI is InChI=1S/C28H17N/c1-3-12-23-19(9-1)21-11-5-7-18-8-6-14-26(27(18)21)28(23)24-13-4-2-10-20(24)22-17-29-16-15-25(22)28/h1-17H. The van der Waals surface area contributed by atoms with E-state index in [2.05, 4.69) is 96.0 Å². The Morgan fingerprint density at radius 3 is 1.86 bits per heavy atom. The lowest BCUT2D eigenvalue weighted by Crippen LogP contribution is -2.31. The number of pyridine rings is 1. The van der Waals surface area contributed by atoms with E-state index in [0.29, 0.717) is 0 Å². The number of fused-ring (bicyclic) bond motifs is 9. The van der Waals surface area contributed by atoms with Crippen LogP contribution in [0.25, 0.3) is 33.0 Å². The zero-order valence-electron chi connectivity index (χ0n) is 15.8. The molecular weight excluding hydrogens is 350 g/mol. The average molecular weight is 367 g/mol. The van der Waals surface area contributed by atoms with E-state index < -0.39 is 0 Å². The SMILES string of the molecule is c1ccc2c(c1)-c1cnccc1C21c2ccccc2-c2cccc3cccc1c23. The Balaban J connectivity index is 1.80. The highest BCUT2D eigenvalue weighted by Crippen LogP contribution is 2.61. The highest BCUT2D eigenvalue weighted by Gasteiger charge is 2.49. The van der Waals surface area contributed by atoms with E-state index in [9.17, 15) is 0 Å². The van der Waals surface area contributed by atoms with E-state index in [1.165, 1.54) is 55.3 Å². The fraction of sp³-hybridized carbons (Fsp3) is 0.0357. The predicted molar refractivity (Wildman–Crippen MR) is 118 cm³/mol. The molecule has 2 aliphatic carbocycles. The minimum Gasteiger partial charge on any atom is -0.264 e. The van der Waals surface area contributed by atoms with Crippen molar-refractivity contribution in [1.29, 1.82) is 0 Å². The highest BCUT2D eigenvalue weighted by atomic mass is 14.6. The average Bonchev–Trinajstić information content (AvgIpc) is 3.09. The first kappa shape index (κ1) is 15.2. The molecule has 0 radical (unpaired) electrons. The van der Waals surface area contributed by atoms with Gasteiger partial charge >= 0.3 is 0 Å². The van der Waals surface area contributed by atoms with Crippen molar-refractivity contribution in [1.82, 2.24) is 4.98 Å². The summed E-state index contributed by atoms with van der Waals surface area (Å²) in [6, 6.07) is 33.5. The Hall–Kier alpha value is -3.71. The van der Waals surface area contributed by atoms with Crippen LogP contribution in [0.3, 0.4) is 0 Å². The Morgan fingerprint density at radius 2 is 1.07 bits per heavy atom. The lowest BCUT2D eigenvalue weighted by atomic mass is 9.61. The first-order valence-electron chi connectivity index (χ1n) is 10.1. The molecule has 0 amide bonds. The molecule has 0 saturated carbocycles. The zero-order chi connectivity index (χ0) is 19.0. The number of aromatic nitrogens is 1. The Morgan fingerprint density at radius 1 is 0.483 bits per heavy atom. The van der Waals surface area contributed by atoms with Crippen LogP contribution in [-0.2, 0) is 5.41 Å². The van der Waals surface area contributed by atoms with Crippen LogP contribution in [0.2, 0.25) is 0 Å². The summed E-state index contributed by atoms with van der Waals surface area (Å²) in [4.78, 5) is 4.48. The molecule has 0 N–H and O–H groups in total. The lowest BCUT2D eigenvalue weighted by Gasteiger charge is -2.39. The molecule has 1 spiro atoms. The van der Waals surface area contributed by atoms with Gasteiger partial charge in [0.25, 0.3) is 0 Å². The van der Waals surface area contributed by atoms with Crippen LogP contribution in [-0.4, -0.2) is 4.98 Å². The van der Waals surface area contributed by atoms with Gasteiger partial charge in [-0.2, -0.15) is 0 Å². The van der Waals surface area contributed by atoms with Crippen molar-refractivity contribution in [3.8, 4) is 22.3 Å². The molecule has 1 heterocycles. The summed E-state index contributed by atoms with van der Waals surface area (Å²) in [7, 11) is 0. The van der Waals surface area contributed by atoms with Gasteiger partial charge in [0, 0.05) is 18.0 Å². The Bertz CT molecular complexity index is 1410. The maximum atomic E-state index is 4.48. The summed E-state index contributed by atoms with van der Waals surface area (Å²) in [6.45, 7) is 0. The number of hydrogen-bond donors (Lipinski definition) is 0. The van der Waals surface area contributed by atoms with Crippen LogP contribution >= 0.6 is 0 Å². The Labute approximate surface area is 169 Å². The molecule has 0 aliphatic heterocycles. The van der Waals surface area contributed by atoms with Crippen LogP contribution < -0.4 is 0 Å². The van der Waals surface area contributed by atoms with Crippen LogP contribution in [0.4, 0.5) is 0 Å². The lowest BCUT2D eigenvalue weighted by molar-refractivity contribution is 0.772. The van der Waals surface area contributed by atoms with E-state index >= 15 is 0 Å². The van der Waals surface area contributed by atoms with Crippen molar-refractivity contribution in [3.63, 3.8) is 0 Å². The monoisotopic (exact) mass is 367 g/mol. The topological polar surface area (TPSA) is 12.9 Å². The molecule has 4 aromatic carbocycles. The molecule has 1 unspecified atom stereocenters. The molecule has 2 aliphatic rings. The summed E-state index contributed by atoms with van der Waals surface area (Å²) in [5.41, 5.74) is 10.3. The van der Waals surface area contributed by atoms with E-state index in [0.717, 1.165) is 0 Å². The van der Waals surface area contributed by atoms with Crippen molar-refractivity contribution < 1.29 is 0 Å². The van der Waals surface area contributed by atoms with Gasteiger partial charge in [-0.05, 0) is 55.8 Å². The minimum absolute atomic E-state index is 0.306. The molecule has 29 heavy (non-hydrogen) atoms. The van der Waals surface area contributed by atoms with Crippen LogP contribution in [0.5, 0.6) is 0 Å². The van der Waals surface area contributed by atoms with Gasteiger partial charge < -0.3 is 0 Å². The smallest absolute Gasteiger partial charge is 0.0726 e. The van der Waals surface area contributed by atoms with E-state index in [4.69, 9.17) is 0 Å². The molecule has 0 bridgehead atoms. The van der Waals surface area contributed by atoms with Crippen LogP contribution in [0.15, 0.2) is 103 Å². The molecule has 0 saturated heterocycles. The molecule has 5 aromatic rings. The van der Waals surface area contributed by atoms with E-state index in [-0.39, 0.29) is 5.41 Å². The normalized spacial score (nSPS) is 17.8. The fourth-order valence-corrected chi connectivity index (χ4v) is 5.77. The Kier molecular flexibility index (Phi) is 2.74. The summed E-state index contributed by atoms with van der Waals surface area (Å²) >= 11 is 0. The van der Waals surface area contributed by atoms with Crippen molar-refractivity contribution in [2.45, 2.75) is 5.41 Å². The number of benzene rings is 4. The molecule has 1 heteroatoms. The second kappa shape index (κ2) is 5.21. The number of rotatable bonds is 0. The first-order chi connectivity index (χ1) is 14.4. The predicted octanol–water partition coefficient (Wildman–Crippen LogP) is 6.58. The van der Waals surface area contributed by atoms with Gasteiger partial charge in [-0.25, -0.2) is 0 Å². The summed E-state index contributed by atoms with van der Waals surface area (Å²) in [6.07, 6.45) is 3.97. The van der Waals surface area contributed by atoms with Gasteiger partial charge in [-0.3, -0.25) is 4.98 Å². The summed E-state index contributed by atoms with van der Waals surface area (Å²) in [5, 5.41) is 2.67. The molecule has 134 valence electrons. The summed E-state index contributed by atoms with van der Waals surface area (Å²) in [5.74, 6) is 0. The largest absolute Gasteiger partial charge is 0.264 e. The fourth-order valence-electron chi connectivity index (χ4n) is 5.77. The van der Waals surface area contributed by atoms with E-state index in [1.807, 2.05) is 12.4 Å². The summed E-state index contributed by atoms with van der Waals surface area (Å²) < 4.78 is 0. The molecule has 1 aromatic heterocycles. The molecule has 7 rings (SSSR count). The quantitative estimate of drug-likeness (QED) is 0.295. The molecule has 1 nitrogen and oxygen atoms in total. The molecule has 0 fully saturated rings. The van der Waals surface area contributed by atoms with Crippen LogP contribution in [0, 0.1) is 0 Å². The van der Waals surface area contributed by atoms with Crippen molar-refractivity contribution in [2.24, 2.45) is 0 Å². The van der Waals surface area contributed by atoms with Gasteiger partial charge in [0.15, 0.2) is 0 Å². The third kappa shape index (κ3) is 1.66. The number of hydrogen-bond acceptors (Lipinski definition) is 1. The number of nitrogens with zero attached hydrogens (tertiary/aromatic N) is 1. The molecular formula is C28H17N.